The van der Waals surface area contributed by atoms with Crippen molar-refractivity contribution in [2.24, 2.45) is 5.11 Å². The predicted octanol–water partition coefficient (Wildman–Crippen LogP) is 2.26. The molecular formula is C5H9N3. The molecule has 0 aliphatic carbocycles. The normalized spacial score (nSPS) is 9.12. The van der Waals surface area contributed by atoms with Gasteiger partial charge in [-0.15, -0.1) is 0 Å². The lowest BCUT2D eigenvalue weighted by Gasteiger charge is -1.74. The zero-order valence-electron chi connectivity index (χ0n) is 4.91. The number of rotatable bonds is 3. The van der Waals surface area contributed by atoms with E-state index in [1.165, 1.54) is 0 Å². The van der Waals surface area contributed by atoms with Crippen LogP contribution >= 0.6 is 0 Å². The first-order chi connectivity index (χ1) is 3.91. The zero-order chi connectivity index (χ0) is 6.24. The van der Waals surface area contributed by atoms with Crippen molar-refractivity contribution in [3.8, 4) is 0 Å². The summed E-state index contributed by atoms with van der Waals surface area (Å²) in [6.07, 6.45) is 4.81. The lowest BCUT2D eigenvalue weighted by molar-refractivity contribution is 1.16. The fourth-order valence-electron chi connectivity index (χ4n) is 0.325. The Labute approximate surface area is 48.6 Å². The van der Waals surface area contributed by atoms with Crippen LogP contribution in [0.4, 0.5) is 0 Å². The lowest BCUT2D eigenvalue weighted by atomic mass is 10.4. The molecule has 0 saturated heterocycles. The fraction of sp³-hybridized carbons (Fsp3) is 0.600. The van der Waals surface area contributed by atoms with E-state index in [0.29, 0.717) is 6.54 Å². The molecule has 0 amide bonds. The smallest absolute Gasteiger partial charge is 0.0440 e. The Morgan fingerprint density at radius 3 is 2.88 bits per heavy atom. The van der Waals surface area contributed by atoms with Gasteiger partial charge in [0.25, 0.3) is 0 Å². The molecule has 0 fully saturated rings. The first-order valence-electron chi connectivity index (χ1n) is 2.57. The average molecular weight is 111 g/mol. The molecule has 0 N–H and O–H groups in total. The first-order valence-corrected chi connectivity index (χ1v) is 2.57. The summed E-state index contributed by atoms with van der Waals surface area (Å²) in [5, 5.41) is 3.30. The number of allylic oxidation sites excluding steroid dienone is 1. The average Bonchev–Trinajstić information content (AvgIpc) is 1.81. The van der Waals surface area contributed by atoms with Crippen molar-refractivity contribution in [1.29, 1.82) is 0 Å². The van der Waals surface area contributed by atoms with Gasteiger partial charge in [0.05, 0.1) is 0 Å². The highest BCUT2D eigenvalue weighted by Gasteiger charge is 1.66. The number of azide groups is 1. The molecule has 0 aromatic carbocycles. The Bertz CT molecular complexity index is 111. The molecule has 44 valence electrons. The van der Waals surface area contributed by atoms with E-state index < -0.39 is 0 Å². The van der Waals surface area contributed by atoms with Crippen LogP contribution < -0.4 is 0 Å². The molecule has 0 spiro atoms. The van der Waals surface area contributed by atoms with Crippen LogP contribution in [0, 0.1) is 0 Å². The summed E-state index contributed by atoms with van der Waals surface area (Å²) >= 11 is 0. The summed E-state index contributed by atoms with van der Waals surface area (Å²) in [6, 6.07) is 0. The van der Waals surface area contributed by atoms with Crippen LogP contribution in [0.2, 0.25) is 0 Å². The van der Waals surface area contributed by atoms with Crippen molar-refractivity contribution in [1.82, 2.24) is 0 Å². The molecule has 0 aromatic heterocycles. The Morgan fingerprint density at radius 1 is 1.62 bits per heavy atom. The van der Waals surface area contributed by atoms with Crippen molar-refractivity contribution in [2.45, 2.75) is 13.3 Å². The topological polar surface area (TPSA) is 48.8 Å². The summed E-state index contributed by atoms with van der Waals surface area (Å²) in [4.78, 5) is 2.58. The third-order valence-corrected chi connectivity index (χ3v) is 0.653. The monoisotopic (exact) mass is 111 g/mol. The van der Waals surface area contributed by atoms with Gasteiger partial charge in [0.15, 0.2) is 0 Å². The van der Waals surface area contributed by atoms with E-state index in [9.17, 15) is 0 Å². The molecule has 3 nitrogen and oxygen atoms in total. The maximum absolute atomic E-state index is 7.79. The second kappa shape index (κ2) is 6.05. The van der Waals surface area contributed by atoms with Crippen LogP contribution in [0.25, 0.3) is 10.4 Å². The largest absolute Gasteiger partial charge is 0.0899 e. The highest BCUT2D eigenvalue weighted by atomic mass is 15.1. The van der Waals surface area contributed by atoms with Crippen molar-refractivity contribution in [3.63, 3.8) is 0 Å². The second-order valence-electron chi connectivity index (χ2n) is 1.29. The van der Waals surface area contributed by atoms with Crippen LogP contribution in [0.3, 0.4) is 0 Å². The third-order valence-electron chi connectivity index (χ3n) is 0.653. The summed E-state index contributed by atoms with van der Waals surface area (Å²) in [5.41, 5.74) is 7.79. The van der Waals surface area contributed by atoms with E-state index in [1.54, 1.807) is 0 Å². The van der Waals surface area contributed by atoms with Gasteiger partial charge in [-0.1, -0.05) is 24.2 Å². The molecule has 0 unspecified atom stereocenters. The molecular weight excluding hydrogens is 102 g/mol. The summed E-state index contributed by atoms with van der Waals surface area (Å²) in [5.74, 6) is 0. The molecule has 0 bridgehead atoms. The van der Waals surface area contributed by atoms with Crippen molar-refractivity contribution in [2.75, 3.05) is 6.54 Å². The Balaban J connectivity index is 3.15. The van der Waals surface area contributed by atoms with E-state index >= 15 is 0 Å². The number of hydrogen-bond acceptors (Lipinski definition) is 1. The van der Waals surface area contributed by atoms with Gasteiger partial charge in [0, 0.05) is 11.5 Å². The van der Waals surface area contributed by atoms with Gasteiger partial charge in [0.1, 0.15) is 0 Å². The predicted molar refractivity (Wildman–Crippen MR) is 33.4 cm³/mol. The maximum atomic E-state index is 7.79. The molecule has 3 heteroatoms. The molecule has 0 aliphatic rings. The van der Waals surface area contributed by atoms with E-state index in [4.69, 9.17) is 5.53 Å². The van der Waals surface area contributed by atoms with Gasteiger partial charge in [-0.2, -0.15) is 0 Å². The minimum atomic E-state index is 0.477. The number of nitrogens with zero attached hydrogens (tertiary/aromatic N) is 3. The van der Waals surface area contributed by atoms with Gasteiger partial charge in [0.2, 0.25) is 0 Å². The zero-order valence-corrected chi connectivity index (χ0v) is 4.91. The van der Waals surface area contributed by atoms with Crippen molar-refractivity contribution >= 4 is 0 Å². The van der Waals surface area contributed by atoms with E-state index in [0.717, 1.165) is 6.42 Å². The van der Waals surface area contributed by atoms with Gasteiger partial charge in [-0.05, 0) is 12.0 Å². The van der Waals surface area contributed by atoms with Gasteiger partial charge in [-0.25, -0.2) is 0 Å². The Kier molecular flexibility index (Phi) is 5.33. The van der Waals surface area contributed by atoms with E-state index in [-0.39, 0.29) is 0 Å². The summed E-state index contributed by atoms with van der Waals surface area (Å²) in [7, 11) is 0. The summed E-state index contributed by atoms with van der Waals surface area (Å²) in [6.45, 7) is 2.51. The van der Waals surface area contributed by atoms with Gasteiger partial charge in [-0.3, -0.25) is 0 Å². The van der Waals surface area contributed by atoms with Crippen molar-refractivity contribution in [3.05, 3.63) is 22.6 Å². The lowest BCUT2D eigenvalue weighted by Crippen LogP contribution is -1.64. The maximum Gasteiger partial charge on any atom is 0.0440 e. The third kappa shape index (κ3) is 5.05. The summed E-state index contributed by atoms with van der Waals surface area (Å²) < 4.78 is 0. The Hall–Kier alpha value is -0.950. The fourth-order valence-corrected chi connectivity index (χ4v) is 0.325. The van der Waals surface area contributed by atoms with Crippen LogP contribution in [-0.4, -0.2) is 6.54 Å². The van der Waals surface area contributed by atoms with E-state index in [1.807, 2.05) is 19.1 Å². The number of hydrogen-bond donors (Lipinski definition) is 0. The van der Waals surface area contributed by atoms with Crippen LogP contribution in [0.15, 0.2) is 17.3 Å². The van der Waals surface area contributed by atoms with Crippen LogP contribution in [0.1, 0.15) is 13.3 Å². The molecule has 0 aliphatic heterocycles. The quantitative estimate of drug-likeness (QED) is 0.232. The van der Waals surface area contributed by atoms with Gasteiger partial charge < -0.3 is 0 Å². The molecule has 0 saturated carbocycles. The highest BCUT2D eigenvalue weighted by Crippen LogP contribution is 1.79. The minimum absolute atomic E-state index is 0.477. The molecule has 0 atom stereocenters. The van der Waals surface area contributed by atoms with E-state index in [2.05, 4.69) is 10.0 Å². The van der Waals surface area contributed by atoms with Crippen LogP contribution in [0.5, 0.6) is 0 Å². The highest BCUT2D eigenvalue weighted by molar-refractivity contribution is 4.82. The minimum Gasteiger partial charge on any atom is -0.0899 e. The second-order valence-corrected chi connectivity index (χ2v) is 1.29. The molecule has 0 heterocycles. The standard InChI is InChI=1S/C5H9N3/c1-2-3-4-5-7-8-6/h3-4H,2,5H2,1H3/b4-3+. The molecule has 8 heavy (non-hydrogen) atoms. The van der Waals surface area contributed by atoms with Crippen molar-refractivity contribution < 1.29 is 0 Å². The molecule has 0 aromatic rings. The first kappa shape index (κ1) is 7.05. The molecule has 0 rings (SSSR count). The van der Waals surface area contributed by atoms with Crippen LogP contribution in [-0.2, 0) is 0 Å². The Morgan fingerprint density at radius 2 is 2.38 bits per heavy atom. The van der Waals surface area contributed by atoms with Gasteiger partial charge >= 0.3 is 0 Å². The molecule has 0 radical (unpaired) electrons. The SMILES string of the molecule is CC/C=C/CN=[N+]=[N-].